The van der Waals surface area contributed by atoms with Gasteiger partial charge in [-0.1, -0.05) is 13.3 Å². The van der Waals surface area contributed by atoms with Gasteiger partial charge in [0.25, 0.3) is 0 Å². The van der Waals surface area contributed by atoms with Crippen molar-refractivity contribution in [3.63, 3.8) is 0 Å². The van der Waals surface area contributed by atoms with E-state index in [0.29, 0.717) is 0 Å². The molecule has 106 valence electrons. The van der Waals surface area contributed by atoms with Crippen molar-refractivity contribution in [1.29, 1.82) is 0 Å². The van der Waals surface area contributed by atoms with Crippen LogP contribution >= 0.6 is 0 Å². The van der Waals surface area contributed by atoms with Gasteiger partial charge in [0.05, 0.1) is 0 Å². The first kappa shape index (κ1) is 14.3. The molecule has 0 radical (unpaired) electrons. The highest BCUT2D eigenvalue weighted by Crippen LogP contribution is 2.26. The van der Waals surface area contributed by atoms with E-state index in [1.165, 1.54) is 51.7 Å². The van der Waals surface area contributed by atoms with Gasteiger partial charge in [-0.05, 0) is 65.3 Å². The largest absolute Gasteiger partial charge is 0.313 e. The van der Waals surface area contributed by atoms with Gasteiger partial charge in [-0.15, -0.1) is 0 Å². The van der Waals surface area contributed by atoms with Gasteiger partial charge in [-0.25, -0.2) is 0 Å². The molecular weight excluding hydrogens is 222 g/mol. The molecule has 0 aromatic heterocycles. The number of nitrogens with zero attached hydrogens (tertiary/aromatic N) is 2. The number of rotatable bonds is 5. The maximum atomic E-state index is 3.67. The van der Waals surface area contributed by atoms with Crippen molar-refractivity contribution in [1.82, 2.24) is 15.1 Å². The van der Waals surface area contributed by atoms with Crippen molar-refractivity contribution in [3.05, 3.63) is 0 Å². The van der Waals surface area contributed by atoms with E-state index in [-0.39, 0.29) is 0 Å². The van der Waals surface area contributed by atoms with Crippen molar-refractivity contribution in [2.24, 2.45) is 5.92 Å². The molecular formula is C15H31N3. The third kappa shape index (κ3) is 3.69. The van der Waals surface area contributed by atoms with Crippen molar-refractivity contribution in [2.45, 2.75) is 51.1 Å². The SMILES string of the molecule is CCNC1CCCC1N(C)CC1CCN(C)CC1. The van der Waals surface area contributed by atoms with Crippen molar-refractivity contribution in [2.75, 3.05) is 40.3 Å². The normalized spacial score (nSPS) is 31.3. The first-order chi connectivity index (χ1) is 8.70. The lowest BCUT2D eigenvalue weighted by atomic mass is 9.95. The Morgan fingerprint density at radius 3 is 2.56 bits per heavy atom. The highest BCUT2D eigenvalue weighted by Gasteiger charge is 2.31. The molecule has 1 aliphatic carbocycles. The minimum Gasteiger partial charge on any atom is -0.313 e. The molecule has 18 heavy (non-hydrogen) atoms. The topological polar surface area (TPSA) is 18.5 Å². The summed E-state index contributed by atoms with van der Waals surface area (Å²) >= 11 is 0. The highest BCUT2D eigenvalue weighted by atomic mass is 15.2. The molecule has 3 heteroatoms. The highest BCUT2D eigenvalue weighted by molar-refractivity contribution is 4.90. The summed E-state index contributed by atoms with van der Waals surface area (Å²) in [4.78, 5) is 5.11. The lowest BCUT2D eigenvalue weighted by molar-refractivity contribution is 0.139. The Morgan fingerprint density at radius 2 is 1.89 bits per heavy atom. The number of likely N-dealkylation sites (N-methyl/N-ethyl adjacent to an activating group) is 2. The molecule has 1 N–H and O–H groups in total. The van der Waals surface area contributed by atoms with Crippen LogP contribution < -0.4 is 5.32 Å². The van der Waals surface area contributed by atoms with E-state index in [2.05, 4.69) is 36.1 Å². The van der Waals surface area contributed by atoms with E-state index in [1.807, 2.05) is 0 Å². The van der Waals surface area contributed by atoms with Crippen molar-refractivity contribution >= 4 is 0 Å². The molecule has 0 aromatic rings. The van der Waals surface area contributed by atoms with Crippen LogP contribution in [-0.4, -0.2) is 62.2 Å². The average Bonchev–Trinajstić information content (AvgIpc) is 2.81. The van der Waals surface area contributed by atoms with Gasteiger partial charge in [-0.2, -0.15) is 0 Å². The minimum absolute atomic E-state index is 0.742. The zero-order chi connectivity index (χ0) is 13.0. The summed E-state index contributed by atoms with van der Waals surface area (Å²) in [5.74, 6) is 0.925. The van der Waals surface area contributed by atoms with Crippen LogP contribution in [0.4, 0.5) is 0 Å². The van der Waals surface area contributed by atoms with E-state index in [4.69, 9.17) is 0 Å². The van der Waals surface area contributed by atoms with Crippen LogP contribution in [0.2, 0.25) is 0 Å². The standard InChI is InChI=1S/C15H31N3/c1-4-16-14-6-5-7-15(14)18(3)12-13-8-10-17(2)11-9-13/h13-16H,4-12H2,1-3H3. The molecule has 1 saturated carbocycles. The predicted octanol–water partition coefficient (Wildman–Crippen LogP) is 1.79. The Morgan fingerprint density at radius 1 is 1.17 bits per heavy atom. The molecule has 0 bridgehead atoms. The van der Waals surface area contributed by atoms with E-state index >= 15 is 0 Å². The van der Waals surface area contributed by atoms with Crippen LogP contribution in [0.5, 0.6) is 0 Å². The zero-order valence-electron chi connectivity index (χ0n) is 12.5. The summed E-state index contributed by atoms with van der Waals surface area (Å²) in [5, 5.41) is 3.67. The van der Waals surface area contributed by atoms with Crippen LogP contribution in [0.3, 0.4) is 0 Å². The Balaban J connectivity index is 1.78. The molecule has 2 atom stereocenters. The molecule has 1 saturated heterocycles. The maximum Gasteiger partial charge on any atom is 0.0246 e. The number of hydrogen-bond acceptors (Lipinski definition) is 3. The summed E-state index contributed by atoms with van der Waals surface area (Å²) in [6.45, 7) is 7.23. The monoisotopic (exact) mass is 253 g/mol. The average molecular weight is 253 g/mol. The summed E-state index contributed by atoms with van der Waals surface area (Å²) in [5.41, 5.74) is 0. The molecule has 0 aromatic carbocycles. The first-order valence-electron chi connectivity index (χ1n) is 7.83. The molecule has 2 aliphatic rings. The fraction of sp³-hybridized carbons (Fsp3) is 1.00. The molecule has 2 rings (SSSR count). The van der Waals surface area contributed by atoms with Gasteiger partial charge in [0.15, 0.2) is 0 Å². The fourth-order valence-corrected chi connectivity index (χ4v) is 3.76. The summed E-state index contributed by atoms with van der Waals surface area (Å²) in [6, 6.07) is 1.52. The fourth-order valence-electron chi connectivity index (χ4n) is 3.76. The van der Waals surface area contributed by atoms with Crippen LogP contribution in [0.1, 0.15) is 39.0 Å². The molecule has 1 heterocycles. The summed E-state index contributed by atoms with van der Waals surface area (Å²) < 4.78 is 0. The lowest BCUT2D eigenvalue weighted by Gasteiger charge is -2.36. The number of likely N-dealkylation sites (tertiary alicyclic amines) is 1. The first-order valence-corrected chi connectivity index (χ1v) is 7.83. The number of piperidine rings is 1. The zero-order valence-corrected chi connectivity index (χ0v) is 12.5. The summed E-state index contributed by atoms with van der Waals surface area (Å²) in [6.07, 6.45) is 6.94. The van der Waals surface area contributed by atoms with E-state index in [0.717, 1.165) is 24.5 Å². The molecule has 3 nitrogen and oxygen atoms in total. The number of nitrogens with one attached hydrogen (secondary N) is 1. The van der Waals surface area contributed by atoms with E-state index < -0.39 is 0 Å². The third-order valence-corrected chi connectivity index (χ3v) is 4.90. The Hall–Kier alpha value is -0.120. The molecule has 1 aliphatic heterocycles. The second-order valence-electron chi connectivity index (χ2n) is 6.35. The third-order valence-electron chi connectivity index (χ3n) is 4.90. The minimum atomic E-state index is 0.742. The molecule has 2 unspecified atom stereocenters. The van der Waals surface area contributed by atoms with Crippen LogP contribution in [0.25, 0.3) is 0 Å². The maximum absolute atomic E-state index is 3.67. The Labute approximate surface area is 113 Å². The quantitative estimate of drug-likeness (QED) is 0.806. The molecule has 0 amide bonds. The van der Waals surface area contributed by atoms with Gasteiger partial charge < -0.3 is 15.1 Å². The van der Waals surface area contributed by atoms with E-state index in [1.54, 1.807) is 0 Å². The second kappa shape index (κ2) is 6.88. The van der Waals surface area contributed by atoms with Gasteiger partial charge in [0, 0.05) is 18.6 Å². The van der Waals surface area contributed by atoms with Crippen LogP contribution in [-0.2, 0) is 0 Å². The predicted molar refractivity (Wildman–Crippen MR) is 78.0 cm³/mol. The van der Waals surface area contributed by atoms with Crippen LogP contribution in [0, 0.1) is 5.92 Å². The Bertz CT molecular complexity index is 236. The smallest absolute Gasteiger partial charge is 0.0246 e. The lowest BCUT2D eigenvalue weighted by Crippen LogP contribution is -2.47. The summed E-state index contributed by atoms with van der Waals surface area (Å²) in [7, 11) is 4.59. The van der Waals surface area contributed by atoms with Gasteiger partial charge in [0.2, 0.25) is 0 Å². The van der Waals surface area contributed by atoms with E-state index in [9.17, 15) is 0 Å². The molecule has 0 spiro atoms. The van der Waals surface area contributed by atoms with Crippen LogP contribution in [0.15, 0.2) is 0 Å². The second-order valence-corrected chi connectivity index (χ2v) is 6.35. The van der Waals surface area contributed by atoms with Gasteiger partial charge in [0.1, 0.15) is 0 Å². The molecule has 2 fully saturated rings. The Kier molecular flexibility index (Phi) is 5.46. The van der Waals surface area contributed by atoms with Crippen molar-refractivity contribution < 1.29 is 0 Å². The van der Waals surface area contributed by atoms with Crippen molar-refractivity contribution in [3.8, 4) is 0 Å². The number of hydrogen-bond donors (Lipinski definition) is 1. The van der Waals surface area contributed by atoms with Gasteiger partial charge >= 0.3 is 0 Å². The van der Waals surface area contributed by atoms with Gasteiger partial charge in [-0.3, -0.25) is 0 Å².